The molecule has 1 aliphatic rings. The molecule has 3 aromatic rings. The number of ether oxygens (including phenoxy) is 1. The molecule has 4 nitrogen and oxygen atoms in total. The second-order valence-corrected chi connectivity index (χ2v) is 6.48. The zero-order valence-corrected chi connectivity index (χ0v) is 14.1. The van der Waals surface area contributed by atoms with Crippen molar-refractivity contribution >= 4 is 16.7 Å². The Balaban J connectivity index is 1.56. The van der Waals surface area contributed by atoms with Crippen molar-refractivity contribution in [3.63, 3.8) is 0 Å². The average molecular weight is 334 g/mol. The van der Waals surface area contributed by atoms with Crippen molar-refractivity contribution in [3.05, 3.63) is 71.8 Å². The van der Waals surface area contributed by atoms with Crippen LogP contribution in [0.15, 0.2) is 60.7 Å². The summed E-state index contributed by atoms with van der Waals surface area (Å²) in [4.78, 5) is 4.73. The third kappa shape index (κ3) is 3.50. The van der Waals surface area contributed by atoms with Crippen molar-refractivity contribution in [3.8, 4) is 0 Å². The van der Waals surface area contributed by atoms with Gasteiger partial charge in [-0.3, -0.25) is 0 Å². The fraction of sp³-hybridized carbons (Fsp3) is 0.286. The number of pyridine rings is 1. The molecule has 0 spiro atoms. The van der Waals surface area contributed by atoms with Crippen LogP contribution in [0.5, 0.6) is 0 Å². The molecule has 0 saturated carbocycles. The summed E-state index contributed by atoms with van der Waals surface area (Å²) in [6, 6.07) is 20.6. The van der Waals surface area contributed by atoms with E-state index in [2.05, 4.69) is 17.4 Å². The number of nitrogens with zero attached hydrogens (tertiary/aromatic N) is 1. The number of benzene rings is 2. The first-order valence-corrected chi connectivity index (χ1v) is 8.76. The number of nitrogens with one attached hydrogen (secondary N) is 1. The van der Waals surface area contributed by atoms with Gasteiger partial charge in [0, 0.05) is 23.6 Å². The predicted octanol–water partition coefficient (Wildman–Crippen LogP) is 4.06. The number of rotatable bonds is 4. The molecule has 128 valence electrons. The Morgan fingerprint density at radius 3 is 2.72 bits per heavy atom. The molecule has 1 fully saturated rings. The lowest BCUT2D eigenvalue weighted by Crippen LogP contribution is -2.30. The number of hydrogen-bond acceptors (Lipinski definition) is 4. The van der Waals surface area contributed by atoms with E-state index in [0.717, 1.165) is 41.7 Å². The number of aromatic nitrogens is 1. The van der Waals surface area contributed by atoms with Crippen LogP contribution in [0.2, 0.25) is 0 Å². The summed E-state index contributed by atoms with van der Waals surface area (Å²) in [5.41, 5.74) is 2.98. The fourth-order valence-electron chi connectivity index (χ4n) is 3.43. The van der Waals surface area contributed by atoms with Crippen LogP contribution in [-0.4, -0.2) is 22.7 Å². The Morgan fingerprint density at radius 1 is 1.08 bits per heavy atom. The highest BCUT2D eigenvalue weighted by Crippen LogP contribution is 2.30. The van der Waals surface area contributed by atoms with Crippen molar-refractivity contribution < 1.29 is 9.84 Å². The maximum absolute atomic E-state index is 9.73. The molecule has 0 bridgehead atoms. The zero-order valence-electron chi connectivity index (χ0n) is 14.1. The van der Waals surface area contributed by atoms with E-state index < -0.39 is 0 Å². The van der Waals surface area contributed by atoms with Gasteiger partial charge in [-0.1, -0.05) is 48.5 Å². The minimum absolute atomic E-state index is 0.0223. The summed E-state index contributed by atoms with van der Waals surface area (Å²) in [5, 5.41) is 14.3. The Morgan fingerprint density at radius 2 is 1.88 bits per heavy atom. The van der Waals surface area contributed by atoms with Crippen molar-refractivity contribution in [2.45, 2.75) is 31.6 Å². The first-order valence-electron chi connectivity index (χ1n) is 8.76. The van der Waals surface area contributed by atoms with Gasteiger partial charge in [-0.2, -0.15) is 0 Å². The number of anilines is 1. The summed E-state index contributed by atoms with van der Waals surface area (Å²) < 4.78 is 5.95. The fourth-order valence-corrected chi connectivity index (χ4v) is 3.43. The van der Waals surface area contributed by atoms with Gasteiger partial charge in [0.15, 0.2) is 0 Å². The largest absolute Gasteiger partial charge is 0.392 e. The topological polar surface area (TPSA) is 54.4 Å². The van der Waals surface area contributed by atoms with Gasteiger partial charge in [-0.15, -0.1) is 0 Å². The van der Waals surface area contributed by atoms with Crippen LogP contribution in [0.1, 0.15) is 30.1 Å². The van der Waals surface area contributed by atoms with Crippen molar-refractivity contribution in [2.75, 3.05) is 11.9 Å². The molecule has 2 aromatic carbocycles. The van der Waals surface area contributed by atoms with Gasteiger partial charge < -0.3 is 15.2 Å². The molecule has 25 heavy (non-hydrogen) atoms. The number of fused-ring (bicyclic) bond motifs is 1. The molecule has 2 heterocycles. The maximum atomic E-state index is 9.73. The summed E-state index contributed by atoms with van der Waals surface area (Å²) in [6.07, 6.45) is 1.93. The smallest absolute Gasteiger partial charge is 0.132 e. The molecular weight excluding hydrogens is 312 g/mol. The van der Waals surface area contributed by atoms with E-state index in [4.69, 9.17) is 9.72 Å². The first-order chi connectivity index (χ1) is 12.3. The van der Waals surface area contributed by atoms with Crippen LogP contribution in [0.3, 0.4) is 0 Å². The second kappa shape index (κ2) is 7.21. The Kier molecular flexibility index (Phi) is 4.63. The number of para-hydroxylation sites is 1. The van der Waals surface area contributed by atoms with Crippen LogP contribution in [0.25, 0.3) is 10.9 Å². The lowest BCUT2D eigenvalue weighted by atomic mass is 9.97. The third-order valence-electron chi connectivity index (χ3n) is 4.77. The van der Waals surface area contributed by atoms with Crippen LogP contribution in [0.4, 0.5) is 5.82 Å². The molecule has 0 amide bonds. The second-order valence-electron chi connectivity index (χ2n) is 6.48. The van der Waals surface area contributed by atoms with Gasteiger partial charge in [0.2, 0.25) is 0 Å². The van der Waals surface area contributed by atoms with Crippen molar-refractivity contribution in [2.24, 2.45) is 0 Å². The molecule has 1 saturated heterocycles. The molecule has 1 aromatic heterocycles. The van der Waals surface area contributed by atoms with Gasteiger partial charge in [0.05, 0.1) is 18.2 Å². The van der Waals surface area contributed by atoms with E-state index in [1.54, 1.807) is 0 Å². The van der Waals surface area contributed by atoms with Crippen molar-refractivity contribution in [1.29, 1.82) is 0 Å². The lowest BCUT2D eigenvalue weighted by Gasteiger charge is -2.31. The maximum Gasteiger partial charge on any atom is 0.132 e. The summed E-state index contributed by atoms with van der Waals surface area (Å²) in [5.74, 6) is 0.778. The van der Waals surface area contributed by atoms with E-state index >= 15 is 0 Å². The zero-order chi connectivity index (χ0) is 17.1. The predicted molar refractivity (Wildman–Crippen MR) is 99.4 cm³/mol. The summed E-state index contributed by atoms with van der Waals surface area (Å²) in [7, 11) is 0. The van der Waals surface area contributed by atoms with E-state index in [1.165, 1.54) is 5.56 Å². The highest BCUT2D eigenvalue weighted by atomic mass is 16.5. The standard InChI is InChI=1S/C21H22N2O2/c24-14-17-12-16-8-4-5-9-19(16)23-21(17)22-18-10-11-25-20(13-18)15-6-2-1-3-7-15/h1-9,12,18,20,24H,10-11,13-14H2,(H,22,23). The molecule has 0 radical (unpaired) electrons. The van der Waals surface area contributed by atoms with E-state index in [9.17, 15) is 5.11 Å². The SMILES string of the molecule is OCc1cc2ccccc2nc1NC1CCOC(c2ccccc2)C1. The van der Waals surface area contributed by atoms with E-state index in [-0.39, 0.29) is 18.8 Å². The van der Waals surface area contributed by atoms with Gasteiger partial charge in [-0.25, -0.2) is 4.98 Å². The number of hydrogen-bond donors (Lipinski definition) is 2. The van der Waals surface area contributed by atoms with Crippen LogP contribution in [0, 0.1) is 0 Å². The van der Waals surface area contributed by atoms with Crippen LogP contribution < -0.4 is 5.32 Å². The number of aliphatic hydroxyl groups is 1. The van der Waals surface area contributed by atoms with Crippen LogP contribution in [-0.2, 0) is 11.3 Å². The highest BCUT2D eigenvalue weighted by Gasteiger charge is 2.24. The molecule has 4 rings (SSSR count). The van der Waals surface area contributed by atoms with Crippen LogP contribution >= 0.6 is 0 Å². The molecule has 4 heteroatoms. The van der Waals surface area contributed by atoms with Gasteiger partial charge in [0.25, 0.3) is 0 Å². The monoisotopic (exact) mass is 334 g/mol. The normalized spacial score (nSPS) is 20.5. The third-order valence-corrected chi connectivity index (χ3v) is 4.77. The highest BCUT2D eigenvalue weighted by molar-refractivity contribution is 5.81. The quantitative estimate of drug-likeness (QED) is 0.755. The van der Waals surface area contributed by atoms with Gasteiger partial charge in [0.1, 0.15) is 5.82 Å². The van der Waals surface area contributed by atoms with Gasteiger partial charge in [-0.05, 0) is 30.5 Å². The average Bonchev–Trinajstić information content (AvgIpc) is 2.68. The summed E-state index contributed by atoms with van der Waals surface area (Å²) >= 11 is 0. The minimum Gasteiger partial charge on any atom is -0.392 e. The molecular formula is C21H22N2O2. The molecule has 0 aliphatic carbocycles. The minimum atomic E-state index is -0.0223. The number of aliphatic hydroxyl groups excluding tert-OH is 1. The van der Waals surface area contributed by atoms with Crippen molar-refractivity contribution in [1.82, 2.24) is 4.98 Å². The molecule has 2 atom stereocenters. The Hall–Kier alpha value is -2.43. The first kappa shape index (κ1) is 16.1. The van der Waals surface area contributed by atoms with E-state index in [1.807, 2.05) is 48.5 Å². The molecule has 2 N–H and O–H groups in total. The molecule has 2 unspecified atom stereocenters. The summed E-state index contributed by atoms with van der Waals surface area (Å²) in [6.45, 7) is 0.699. The molecule has 1 aliphatic heterocycles. The van der Waals surface area contributed by atoms with E-state index in [0.29, 0.717) is 0 Å². The van der Waals surface area contributed by atoms with Gasteiger partial charge >= 0.3 is 0 Å². The lowest BCUT2D eigenvalue weighted by molar-refractivity contribution is 0.00973. The Labute approximate surface area is 147 Å². The Bertz CT molecular complexity index is 851.